The third kappa shape index (κ3) is 4.44. The van der Waals surface area contributed by atoms with Gasteiger partial charge in [0.15, 0.2) is 0 Å². The maximum atomic E-state index is 3.69. The molecule has 0 atom stereocenters. The minimum atomic E-state index is 0.765. The van der Waals surface area contributed by atoms with E-state index in [2.05, 4.69) is 52.4 Å². The fourth-order valence-corrected chi connectivity index (χ4v) is 2.80. The van der Waals surface area contributed by atoms with E-state index in [1.165, 1.54) is 31.2 Å². The third-order valence-electron chi connectivity index (χ3n) is 3.78. The fraction of sp³-hybridized carbons (Fsp3) is 0.600. The Morgan fingerprint density at radius 2 is 1.76 bits per heavy atom. The Hall–Kier alpha value is -0.340. The molecule has 0 heterocycles. The molecule has 1 aliphatic carbocycles. The zero-order valence-corrected chi connectivity index (χ0v) is 12.2. The van der Waals surface area contributed by atoms with Crippen molar-refractivity contribution in [1.29, 1.82) is 0 Å². The molecule has 1 fully saturated rings. The predicted molar refractivity (Wildman–Crippen MR) is 77.3 cm³/mol. The zero-order valence-electron chi connectivity index (χ0n) is 10.6. The standard InChI is InChI=1S/C15H22BrN/c1-12-2-8-15(9-3-12)17-11-10-13-4-6-14(16)7-5-13/h4-7,12,15,17H,2-3,8-11H2,1H3. The highest BCUT2D eigenvalue weighted by Gasteiger charge is 2.16. The van der Waals surface area contributed by atoms with Gasteiger partial charge < -0.3 is 5.32 Å². The summed E-state index contributed by atoms with van der Waals surface area (Å²) in [5.74, 6) is 0.944. The van der Waals surface area contributed by atoms with Gasteiger partial charge in [-0.25, -0.2) is 0 Å². The van der Waals surface area contributed by atoms with Crippen LogP contribution in [0.5, 0.6) is 0 Å². The molecule has 94 valence electrons. The van der Waals surface area contributed by atoms with Gasteiger partial charge in [0.25, 0.3) is 0 Å². The molecular weight excluding hydrogens is 274 g/mol. The average Bonchev–Trinajstić information content (AvgIpc) is 2.34. The summed E-state index contributed by atoms with van der Waals surface area (Å²) in [4.78, 5) is 0. The Morgan fingerprint density at radius 3 is 2.41 bits per heavy atom. The second-order valence-electron chi connectivity index (χ2n) is 5.29. The van der Waals surface area contributed by atoms with Crippen LogP contribution in [0.1, 0.15) is 38.2 Å². The zero-order chi connectivity index (χ0) is 12.1. The van der Waals surface area contributed by atoms with E-state index < -0.39 is 0 Å². The third-order valence-corrected chi connectivity index (χ3v) is 4.30. The summed E-state index contributed by atoms with van der Waals surface area (Å²) in [7, 11) is 0. The van der Waals surface area contributed by atoms with Gasteiger partial charge in [0.05, 0.1) is 0 Å². The van der Waals surface area contributed by atoms with Crippen LogP contribution >= 0.6 is 15.9 Å². The summed E-state index contributed by atoms with van der Waals surface area (Å²) < 4.78 is 1.16. The summed E-state index contributed by atoms with van der Waals surface area (Å²) >= 11 is 3.47. The van der Waals surface area contributed by atoms with Gasteiger partial charge in [-0.05, 0) is 62.3 Å². The van der Waals surface area contributed by atoms with Crippen LogP contribution in [-0.4, -0.2) is 12.6 Å². The number of hydrogen-bond acceptors (Lipinski definition) is 1. The fourth-order valence-electron chi connectivity index (χ4n) is 2.54. The molecule has 1 saturated carbocycles. The molecule has 0 unspecified atom stereocenters. The van der Waals surface area contributed by atoms with Crippen molar-refractivity contribution in [2.75, 3.05) is 6.54 Å². The normalized spacial score (nSPS) is 24.8. The molecule has 0 spiro atoms. The molecule has 1 N–H and O–H groups in total. The molecule has 0 aromatic heterocycles. The first-order chi connectivity index (χ1) is 8.24. The van der Waals surface area contributed by atoms with Crippen molar-refractivity contribution in [2.24, 2.45) is 5.92 Å². The minimum absolute atomic E-state index is 0.765. The van der Waals surface area contributed by atoms with Gasteiger partial charge in [-0.3, -0.25) is 0 Å². The first-order valence-corrected chi connectivity index (χ1v) is 7.51. The second-order valence-corrected chi connectivity index (χ2v) is 6.20. The quantitative estimate of drug-likeness (QED) is 0.879. The van der Waals surface area contributed by atoms with Gasteiger partial charge in [-0.1, -0.05) is 35.0 Å². The van der Waals surface area contributed by atoms with E-state index in [1.54, 1.807) is 0 Å². The number of benzene rings is 1. The van der Waals surface area contributed by atoms with Crippen LogP contribution in [0.3, 0.4) is 0 Å². The van der Waals surface area contributed by atoms with Crippen LogP contribution in [0.4, 0.5) is 0 Å². The number of nitrogens with one attached hydrogen (secondary N) is 1. The number of hydrogen-bond donors (Lipinski definition) is 1. The summed E-state index contributed by atoms with van der Waals surface area (Å²) in [5, 5.41) is 3.69. The minimum Gasteiger partial charge on any atom is -0.314 e. The lowest BCUT2D eigenvalue weighted by Gasteiger charge is -2.27. The summed E-state index contributed by atoms with van der Waals surface area (Å²) in [5.41, 5.74) is 1.42. The van der Waals surface area contributed by atoms with Gasteiger partial charge in [-0.2, -0.15) is 0 Å². The highest BCUT2D eigenvalue weighted by Crippen LogP contribution is 2.23. The van der Waals surface area contributed by atoms with Crippen LogP contribution in [0.15, 0.2) is 28.7 Å². The molecule has 1 aromatic rings. The van der Waals surface area contributed by atoms with E-state index in [1.807, 2.05) is 0 Å². The van der Waals surface area contributed by atoms with Gasteiger partial charge in [0, 0.05) is 10.5 Å². The average molecular weight is 296 g/mol. The molecule has 0 radical (unpaired) electrons. The maximum Gasteiger partial charge on any atom is 0.0175 e. The monoisotopic (exact) mass is 295 g/mol. The van der Waals surface area contributed by atoms with Crippen LogP contribution in [-0.2, 0) is 6.42 Å². The van der Waals surface area contributed by atoms with Crippen molar-refractivity contribution in [1.82, 2.24) is 5.32 Å². The highest BCUT2D eigenvalue weighted by atomic mass is 79.9. The van der Waals surface area contributed by atoms with Crippen LogP contribution in [0.25, 0.3) is 0 Å². The van der Waals surface area contributed by atoms with Crippen LogP contribution in [0.2, 0.25) is 0 Å². The number of rotatable bonds is 4. The molecule has 0 bridgehead atoms. The van der Waals surface area contributed by atoms with Gasteiger partial charge in [0.1, 0.15) is 0 Å². The van der Waals surface area contributed by atoms with E-state index in [0.717, 1.165) is 29.4 Å². The van der Waals surface area contributed by atoms with Crippen LogP contribution < -0.4 is 5.32 Å². The molecule has 2 rings (SSSR count). The van der Waals surface area contributed by atoms with Gasteiger partial charge in [-0.15, -0.1) is 0 Å². The molecule has 0 saturated heterocycles. The lowest BCUT2D eigenvalue weighted by atomic mass is 9.87. The Morgan fingerprint density at radius 1 is 1.12 bits per heavy atom. The van der Waals surface area contributed by atoms with Crippen LogP contribution in [0, 0.1) is 5.92 Å². The van der Waals surface area contributed by atoms with Crippen molar-refractivity contribution in [3.05, 3.63) is 34.3 Å². The molecule has 2 heteroatoms. The Labute approximate surface area is 113 Å². The smallest absolute Gasteiger partial charge is 0.0175 e. The van der Waals surface area contributed by atoms with E-state index in [0.29, 0.717) is 0 Å². The molecular formula is C15H22BrN. The second kappa shape index (κ2) is 6.55. The molecule has 1 nitrogen and oxygen atoms in total. The van der Waals surface area contributed by atoms with Gasteiger partial charge in [0.2, 0.25) is 0 Å². The Balaban J connectivity index is 1.67. The molecule has 17 heavy (non-hydrogen) atoms. The molecule has 1 aliphatic rings. The van der Waals surface area contributed by atoms with Crippen molar-refractivity contribution >= 4 is 15.9 Å². The molecule has 0 aliphatic heterocycles. The first kappa shape index (κ1) is 13.1. The molecule has 1 aromatic carbocycles. The van der Waals surface area contributed by atoms with E-state index in [9.17, 15) is 0 Å². The molecule has 0 amide bonds. The van der Waals surface area contributed by atoms with Crippen molar-refractivity contribution in [3.63, 3.8) is 0 Å². The van der Waals surface area contributed by atoms with Gasteiger partial charge >= 0.3 is 0 Å². The largest absolute Gasteiger partial charge is 0.314 e. The lowest BCUT2D eigenvalue weighted by Crippen LogP contribution is -2.34. The SMILES string of the molecule is CC1CCC(NCCc2ccc(Br)cc2)CC1. The van der Waals surface area contributed by atoms with Crippen molar-refractivity contribution in [2.45, 2.75) is 45.1 Å². The van der Waals surface area contributed by atoms with Crippen molar-refractivity contribution < 1.29 is 0 Å². The highest BCUT2D eigenvalue weighted by molar-refractivity contribution is 9.10. The Kier molecular flexibility index (Phi) is 5.05. The summed E-state index contributed by atoms with van der Waals surface area (Å²) in [6.45, 7) is 3.48. The van der Waals surface area contributed by atoms with E-state index >= 15 is 0 Å². The summed E-state index contributed by atoms with van der Waals surface area (Å²) in [6, 6.07) is 9.42. The Bertz CT molecular complexity index is 325. The van der Waals surface area contributed by atoms with E-state index in [-0.39, 0.29) is 0 Å². The first-order valence-electron chi connectivity index (χ1n) is 6.72. The van der Waals surface area contributed by atoms with E-state index in [4.69, 9.17) is 0 Å². The topological polar surface area (TPSA) is 12.0 Å². The maximum absolute atomic E-state index is 3.69. The predicted octanol–water partition coefficient (Wildman–Crippen LogP) is 4.16. The van der Waals surface area contributed by atoms with Crippen molar-refractivity contribution in [3.8, 4) is 0 Å². The lowest BCUT2D eigenvalue weighted by molar-refractivity contribution is 0.309. The number of halogens is 1. The summed E-state index contributed by atoms with van der Waals surface area (Å²) in [6.07, 6.45) is 6.66.